The number of rotatable bonds is 13. The van der Waals surface area contributed by atoms with E-state index in [0.29, 0.717) is 0 Å². The third kappa shape index (κ3) is 8.26. The predicted molar refractivity (Wildman–Crippen MR) is 147 cm³/mol. The second-order valence-corrected chi connectivity index (χ2v) is 11.8. The van der Waals surface area contributed by atoms with E-state index in [4.69, 9.17) is 43.6 Å². The highest BCUT2D eigenvalue weighted by atomic mass is 16.8. The Morgan fingerprint density at radius 1 is 0.396 bits per heavy atom. The molecule has 0 aromatic rings. The summed E-state index contributed by atoms with van der Waals surface area (Å²) in [7, 11) is 0. The molecule has 15 N–H and O–H groups in total. The summed E-state index contributed by atoms with van der Waals surface area (Å²) in [6, 6.07) is 0. The molecular weight excluding hydrogens is 662 g/mol. The van der Waals surface area contributed by atoms with Gasteiger partial charge in [0.25, 0.3) is 0 Å². The van der Waals surface area contributed by atoms with Gasteiger partial charge in [0, 0.05) is 6.54 Å². The van der Waals surface area contributed by atoms with Crippen LogP contribution in [0.15, 0.2) is 0 Å². The zero-order valence-electron chi connectivity index (χ0n) is 25.4. The van der Waals surface area contributed by atoms with Gasteiger partial charge < -0.3 is 110 Å². The van der Waals surface area contributed by atoms with Crippen molar-refractivity contribution in [3.63, 3.8) is 0 Å². The van der Waals surface area contributed by atoms with Gasteiger partial charge in [0.2, 0.25) is 0 Å². The molecular formula is C26H47NO21. The van der Waals surface area contributed by atoms with Crippen LogP contribution in [0.25, 0.3) is 0 Å². The molecule has 0 aliphatic carbocycles. The van der Waals surface area contributed by atoms with Crippen LogP contribution in [0, 0.1) is 0 Å². The Balaban J connectivity index is 1.63. The highest BCUT2D eigenvalue weighted by Gasteiger charge is 2.56. The molecule has 0 saturated carbocycles. The molecule has 4 fully saturated rings. The van der Waals surface area contributed by atoms with Crippen molar-refractivity contribution in [2.24, 2.45) is 5.73 Å². The van der Waals surface area contributed by atoms with Gasteiger partial charge in [-0.3, -0.25) is 0 Å². The predicted octanol–water partition coefficient (Wildman–Crippen LogP) is -9.77. The molecule has 0 aromatic heterocycles. The monoisotopic (exact) mass is 709 g/mol. The van der Waals surface area contributed by atoms with E-state index in [2.05, 4.69) is 0 Å². The molecule has 0 radical (unpaired) electrons. The van der Waals surface area contributed by atoms with Crippen LogP contribution in [0.5, 0.6) is 0 Å². The van der Waals surface area contributed by atoms with E-state index in [-0.39, 0.29) is 13.2 Å². The summed E-state index contributed by atoms with van der Waals surface area (Å²) in [6.45, 7) is -3.46. The molecule has 0 spiro atoms. The fraction of sp³-hybridized carbons (Fsp3) is 1.00. The van der Waals surface area contributed by atoms with Crippen molar-refractivity contribution in [1.29, 1.82) is 0 Å². The van der Waals surface area contributed by atoms with E-state index in [1.165, 1.54) is 0 Å². The summed E-state index contributed by atoms with van der Waals surface area (Å²) in [4.78, 5) is 0. The molecule has 4 rings (SSSR count). The van der Waals surface area contributed by atoms with Crippen LogP contribution in [0.3, 0.4) is 0 Å². The zero-order chi connectivity index (χ0) is 35.4. The van der Waals surface area contributed by atoms with Crippen LogP contribution in [-0.2, 0) is 37.9 Å². The number of aliphatic hydroxyl groups excluding tert-OH is 13. The lowest BCUT2D eigenvalue weighted by Crippen LogP contribution is -2.68. The Hall–Kier alpha value is -0.880. The topological polar surface area (TPSA) is 363 Å². The number of ether oxygens (including phenoxy) is 8. The van der Waals surface area contributed by atoms with Gasteiger partial charge in [0.15, 0.2) is 25.2 Å². The van der Waals surface area contributed by atoms with Gasteiger partial charge in [-0.15, -0.1) is 0 Å². The van der Waals surface area contributed by atoms with E-state index in [1.54, 1.807) is 0 Å². The van der Waals surface area contributed by atoms with Crippen molar-refractivity contribution in [2.75, 3.05) is 39.6 Å². The summed E-state index contributed by atoms with van der Waals surface area (Å²) < 4.78 is 44.5. The van der Waals surface area contributed by atoms with Gasteiger partial charge in [0.05, 0.1) is 33.0 Å². The summed E-state index contributed by atoms with van der Waals surface area (Å²) in [5, 5.41) is 135. The quantitative estimate of drug-likeness (QED) is 0.0844. The maximum Gasteiger partial charge on any atom is 0.187 e. The maximum atomic E-state index is 11.1. The number of hydrogen-bond acceptors (Lipinski definition) is 22. The summed E-state index contributed by atoms with van der Waals surface area (Å²) >= 11 is 0. The maximum absolute atomic E-state index is 11.1. The normalized spacial score (nSPS) is 50.4. The minimum Gasteiger partial charge on any atom is -0.394 e. The van der Waals surface area contributed by atoms with Gasteiger partial charge in [-0.25, -0.2) is 0 Å². The molecule has 48 heavy (non-hydrogen) atoms. The van der Waals surface area contributed by atoms with E-state index in [9.17, 15) is 66.4 Å². The fourth-order valence-electron chi connectivity index (χ4n) is 5.80. The molecule has 0 amide bonds. The van der Waals surface area contributed by atoms with Gasteiger partial charge in [-0.05, 0) is 0 Å². The van der Waals surface area contributed by atoms with E-state index in [1.807, 2.05) is 0 Å². The van der Waals surface area contributed by atoms with Gasteiger partial charge in [0.1, 0.15) is 97.7 Å². The molecule has 0 bridgehead atoms. The molecule has 282 valence electrons. The Morgan fingerprint density at radius 3 is 1.23 bits per heavy atom. The summed E-state index contributed by atoms with van der Waals surface area (Å²) in [6.07, 6.45) is -35.6. The van der Waals surface area contributed by atoms with Crippen molar-refractivity contribution < 1.29 is 104 Å². The highest BCUT2D eigenvalue weighted by Crippen LogP contribution is 2.35. The average molecular weight is 710 g/mol. The van der Waals surface area contributed by atoms with Crippen LogP contribution < -0.4 is 5.73 Å². The fourth-order valence-corrected chi connectivity index (χ4v) is 5.80. The van der Waals surface area contributed by atoms with Gasteiger partial charge >= 0.3 is 0 Å². The second-order valence-electron chi connectivity index (χ2n) is 11.8. The molecule has 22 heteroatoms. The Morgan fingerprint density at radius 2 is 0.771 bits per heavy atom. The lowest BCUT2D eigenvalue weighted by molar-refractivity contribution is -0.403. The van der Waals surface area contributed by atoms with Crippen LogP contribution >= 0.6 is 0 Å². The lowest BCUT2D eigenvalue weighted by atomic mass is 9.95. The first-order valence-corrected chi connectivity index (χ1v) is 15.3. The molecule has 4 aliphatic rings. The molecule has 4 saturated heterocycles. The van der Waals surface area contributed by atoms with Crippen molar-refractivity contribution in [3.8, 4) is 0 Å². The minimum atomic E-state index is -2.01. The second kappa shape index (κ2) is 17.6. The van der Waals surface area contributed by atoms with Crippen LogP contribution in [0.2, 0.25) is 0 Å². The first kappa shape index (κ1) is 39.9. The Labute approximate surface area is 272 Å². The van der Waals surface area contributed by atoms with E-state index >= 15 is 0 Å². The molecule has 22 nitrogen and oxygen atoms in total. The highest BCUT2D eigenvalue weighted by molar-refractivity contribution is 4.98. The third-order valence-electron chi connectivity index (χ3n) is 8.59. The van der Waals surface area contributed by atoms with Crippen molar-refractivity contribution >= 4 is 0 Å². The van der Waals surface area contributed by atoms with Crippen LogP contribution in [0.1, 0.15) is 0 Å². The standard InChI is InChI=1S/C26H47NO21/c27-1-2-41-23-19(40)20(14(35)10(6-31)42-23)46-25-22(17(38)13(34)8(4-29)44-25)48-26-21(16(37)12(33)9(5-30)45-26)47-24-18(39)15(36)11(32)7(3-28)43-24/h7-26,28-40H,1-6,27H2/t7-,8-,9-,10-,11-,12-,13-,14-,15+,16+,17+,18+,19+,20+,21+,22+,23+,24-,25-,26-/m1/s1. The smallest absolute Gasteiger partial charge is 0.187 e. The van der Waals surface area contributed by atoms with E-state index in [0.717, 1.165) is 0 Å². The van der Waals surface area contributed by atoms with Gasteiger partial charge in [-0.2, -0.15) is 0 Å². The molecule has 4 aliphatic heterocycles. The third-order valence-corrected chi connectivity index (χ3v) is 8.59. The largest absolute Gasteiger partial charge is 0.394 e. The summed E-state index contributed by atoms with van der Waals surface area (Å²) in [5.74, 6) is 0. The number of nitrogens with two attached hydrogens (primary N) is 1. The Bertz CT molecular complexity index is 971. The SMILES string of the molecule is NCCO[C@H]1O[C@H](CO)[C@@H](O)[C@H](O[C@H]2O[C@H](CO)[C@@H](O)[C@H](O)[C@@H]2O[C@H]2O[C@H](CO)[C@@H](O)[C@H](O)[C@@H]2O[C@H]2O[C@H](CO)[C@@H](O)[C@H](O)[C@@H]2O)[C@@H]1O. The minimum absolute atomic E-state index is 0.0114. The van der Waals surface area contributed by atoms with E-state index < -0.39 is 149 Å². The van der Waals surface area contributed by atoms with Crippen molar-refractivity contribution in [3.05, 3.63) is 0 Å². The molecule has 20 atom stereocenters. The zero-order valence-corrected chi connectivity index (χ0v) is 25.4. The molecule has 4 heterocycles. The molecule has 0 unspecified atom stereocenters. The van der Waals surface area contributed by atoms with Gasteiger partial charge in [-0.1, -0.05) is 0 Å². The van der Waals surface area contributed by atoms with Crippen LogP contribution in [0.4, 0.5) is 0 Å². The van der Waals surface area contributed by atoms with Crippen molar-refractivity contribution in [1.82, 2.24) is 0 Å². The molecule has 0 aromatic carbocycles. The lowest BCUT2D eigenvalue weighted by Gasteiger charge is -2.49. The summed E-state index contributed by atoms with van der Waals surface area (Å²) in [5.41, 5.74) is 5.45. The average Bonchev–Trinajstić information content (AvgIpc) is 3.08. The first-order chi connectivity index (χ1) is 22.8. The first-order valence-electron chi connectivity index (χ1n) is 15.3. The number of aliphatic hydroxyl groups is 13. The number of hydrogen-bond donors (Lipinski definition) is 14. The Kier molecular flexibility index (Phi) is 14.6. The van der Waals surface area contributed by atoms with Crippen LogP contribution in [-0.4, -0.2) is 229 Å². The van der Waals surface area contributed by atoms with Crippen molar-refractivity contribution in [2.45, 2.75) is 123 Å².